The predicted molar refractivity (Wildman–Crippen MR) is 142 cm³/mol. The maximum Gasteiger partial charge on any atom is 0.418 e. The molecule has 3 aliphatic carbocycles. The lowest BCUT2D eigenvalue weighted by Gasteiger charge is -2.53. The summed E-state index contributed by atoms with van der Waals surface area (Å²) in [6.45, 7) is 1.52. The predicted octanol–water partition coefficient (Wildman–Crippen LogP) is 2.90. The van der Waals surface area contributed by atoms with Crippen LogP contribution < -0.4 is 11.1 Å². The van der Waals surface area contributed by atoms with Crippen LogP contribution in [0.2, 0.25) is 0 Å². The third kappa shape index (κ3) is 4.61. The van der Waals surface area contributed by atoms with E-state index < -0.39 is 106 Å². The first-order valence-electron chi connectivity index (χ1n) is 12.8. The number of fused-ring (bicyclic) bond motifs is 3. The van der Waals surface area contributed by atoms with E-state index in [1.807, 2.05) is 5.32 Å². The molecule has 0 heterocycles. The normalized spacial score (nSPS) is 30.2. The van der Waals surface area contributed by atoms with E-state index >= 15 is 0 Å². The number of hydrogen-bond acceptors (Lipinski definition) is 9. The fourth-order valence-electron chi connectivity index (χ4n) is 6.57. The minimum atomic E-state index is -4.91. The SMILES string of the molecule is C[C@H]1c2cccc(O)c2C(=O)C2C(=O)[C@]3(O)C(=O)C(C(N)=O)C(=O)C[C@@H]3[C@@H](OC(=O)Nc3ccc(Br)cc3C(F)(F)F)[C@@H]21. The Morgan fingerprint density at radius 1 is 1.12 bits per heavy atom. The Labute approximate surface area is 248 Å². The van der Waals surface area contributed by atoms with Crippen LogP contribution in [0, 0.1) is 23.7 Å². The Morgan fingerprint density at radius 2 is 1.79 bits per heavy atom. The third-order valence-electron chi connectivity index (χ3n) is 8.46. The van der Waals surface area contributed by atoms with Gasteiger partial charge in [-0.15, -0.1) is 0 Å². The fraction of sp³-hybridized carbons (Fsp3) is 0.357. The van der Waals surface area contributed by atoms with E-state index in [2.05, 4.69) is 15.9 Å². The second kappa shape index (κ2) is 10.3. The largest absolute Gasteiger partial charge is 0.507 e. The summed E-state index contributed by atoms with van der Waals surface area (Å²) in [5, 5.41) is 24.1. The van der Waals surface area contributed by atoms with Crippen LogP contribution in [0.4, 0.5) is 23.7 Å². The van der Waals surface area contributed by atoms with Crippen LogP contribution >= 0.6 is 15.9 Å². The molecule has 7 atom stereocenters. The second-order valence-corrected chi connectivity index (χ2v) is 11.7. The number of nitrogens with one attached hydrogen (secondary N) is 1. The monoisotopic (exact) mass is 666 g/mol. The van der Waals surface area contributed by atoms with Crippen molar-refractivity contribution in [2.75, 3.05) is 5.32 Å². The Kier molecular flexibility index (Phi) is 7.24. The number of phenolic OH excluding ortho intramolecular Hbond substituents is 1. The van der Waals surface area contributed by atoms with E-state index in [0.717, 1.165) is 6.07 Å². The number of anilines is 1. The van der Waals surface area contributed by atoms with Crippen molar-refractivity contribution in [3.8, 4) is 5.75 Å². The molecule has 0 spiro atoms. The number of Topliss-reactive ketones (excluding diaryl/α,β-unsaturated/α-hetero) is 4. The number of aromatic hydroxyl groups is 1. The van der Waals surface area contributed by atoms with Gasteiger partial charge in [0.05, 0.1) is 22.7 Å². The van der Waals surface area contributed by atoms with Gasteiger partial charge in [0, 0.05) is 22.7 Å². The van der Waals surface area contributed by atoms with Crippen LogP contribution in [-0.4, -0.2) is 57.1 Å². The van der Waals surface area contributed by atoms with Crippen molar-refractivity contribution in [2.24, 2.45) is 29.4 Å². The number of rotatable bonds is 3. The summed E-state index contributed by atoms with van der Waals surface area (Å²) in [6, 6.07) is 6.92. The van der Waals surface area contributed by atoms with Crippen molar-refractivity contribution in [3.63, 3.8) is 0 Å². The first-order chi connectivity index (χ1) is 20.0. The summed E-state index contributed by atoms with van der Waals surface area (Å²) in [6.07, 6.45) is -9.06. The van der Waals surface area contributed by atoms with E-state index in [1.165, 1.54) is 31.2 Å². The Morgan fingerprint density at radius 3 is 2.42 bits per heavy atom. The quantitative estimate of drug-likeness (QED) is 0.357. The lowest BCUT2D eigenvalue weighted by Crippen LogP contribution is -2.73. The molecule has 2 aromatic carbocycles. The molecule has 2 unspecified atom stereocenters. The summed E-state index contributed by atoms with van der Waals surface area (Å²) in [7, 11) is 0. The van der Waals surface area contributed by atoms with Crippen molar-refractivity contribution < 1.29 is 56.9 Å². The molecule has 43 heavy (non-hydrogen) atoms. The highest BCUT2D eigenvalue weighted by Gasteiger charge is 2.71. The van der Waals surface area contributed by atoms with Gasteiger partial charge >= 0.3 is 12.3 Å². The number of ether oxygens (including phenoxy) is 1. The number of ketones is 4. The zero-order chi connectivity index (χ0) is 31.8. The van der Waals surface area contributed by atoms with Crippen molar-refractivity contribution in [3.05, 3.63) is 57.6 Å². The van der Waals surface area contributed by atoms with Crippen LogP contribution in [0.5, 0.6) is 5.75 Å². The molecule has 2 aromatic rings. The average molecular weight is 667 g/mol. The van der Waals surface area contributed by atoms with Gasteiger partial charge in [0.15, 0.2) is 34.7 Å². The molecule has 2 fully saturated rings. The van der Waals surface area contributed by atoms with E-state index in [-0.39, 0.29) is 15.6 Å². The Hall–Kier alpha value is -4.11. The molecule has 5 N–H and O–H groups in total. The number of hydrogen-bond donors (Lipinski definition) is 4. The van der Waals surface area contributed by atoms with Gasteiger partial charge in [-0.1, -0.05) is 35.0 Å². The standard InChI is InChI=1S/C28H22BrF3N2O9/c1-9-11-3-2-4-15(35)18(11)21(37)20-17(9)22(13-8-16(36)19(25(33)40)23(38)27(13,42)24(20)39)43-26(41)34-14-6-5-10(29)7-12(14)28(30,31)32/h2-7,9,13,17,19-20,22,35,42H,8H2,1H3,(H2,33,40)(H,34,41)/t9-,13+,17+,19?,20?,22+,27+/m0/s1. The number of carbonyl (C=O) groups excluding carboxylic acids is 6. The van der Waals surface area contributed by atoms with Gasteiger partial charge in [0.25, 0.3) is 0 Å². The van der Waals surface area contributed by atoms with Gasteiger partial charge in [0.2, 0.25) is 5.91 Å². The molecule has 0 aromatic heterocycles. The molecular formula is C28H22BrF3N2O9. The van der Waals surface area contributed by atoms with Gasteiger partial charge in [-0.25, -0.2) is 4.79 Å². The van der Waals surface area contributed by atoms with Crippen molar-refractivity contribution in [2.45, 2.75) is 37.1 Å². The van der Waals surface area contributed by atoms with E-state index in [9.17, 15) is 52.2 Å². The van der Waals surface area contributed by atoms with E-state index in [0.29, 0.717) is 6.07 Å². The topological polar surface area (TPSA) is 190 Å². The third-order valence-corrected chi connectivity index (χ3v) is 8.95. The second-order valence-electron chi connectivity index (χ2n) is 10.7. The van der Waals surface area contributed by atoms with E-state index in [1.54, 1.807) is 0 Å². The zero-order valence-electron chi connectivity index (χ0n) is 22.0. The highest BCUT2D eigenvalue weighted by molar-refractivity contribution is 9.10. The molecule has 2 amide bonds. The summed E-state index contributed by atoms with van der Waals surface area (Å²) in [4.78, 5) is 79.0. The molecule has 0 bridgehead atoms. The molecule has 11 nitrogen and oxygen atoms in total. The Bertz CT molecular complexity index is 1630. The van der Waals surface area contributed by atoms with Crippen molar-refractivity contribution in [1.82, 2.24) is 0 Å². The zero-order valence-corrected chi connectivity index (χ0v) is 23.6. The molecular weight excluding hydrogens is 645 g/mol. The number of aliphatic hydroxyl groups is 1. The van der Waals surface area contributed by atoms with Crippen molar-refractivity contribution in [1.29, 1.82) is 0 Å². The van der Waals surface area contributed by atoms with Crippen LogP contribution in [0.3, 0.4) is 0 Å². The molecule has 0 radical (unpaired) electrons. The number of primary amides is 1. The molecule has 3 aliphatic rings. The molecule has 5 rings (SSSR count). The number of benzene rings is 2. The summed E-state index contributed by atoms with van der Waals surface area (Å²) in [5.74, 6) is -15.2. The van der Waals surface area contributed by atoms with E-state index in [4.69, 9.17) is 10.5 Å². The van der Waals surface area contributed by atoms with Gasteiger partial charge in [0.1, 0.15) is 11.9 Å². The van der Waals surface area contributed by atoms with Gasteiger partial charge < -0.3 is 20.7 Å². The number of alkyl halides is 3. The molecule has 15 heteroatoms. The lowest BCUT2D eigenvalue weighted by atomic mass is 9.50. The minimum absolute atomic E-state index is 0.0529. The number of halogens is 4. The minimum Gasteiger partial charge on any atom is -0.507 e. The number of amides is 2. The number of carbonyl (C=O) groups is 6. The van der Waals surface area contributed by atoms with Gasteiger partial charge in [-0.3, -0.25) is 29.3 Å². The maximum absolute atomic E-state index is 13.9. The molecule has 226 valence electrons. The van der Waals surface area contributed by atoms with Crippen molar-refractivity contribution >= 4 is 56.8 Å². The highest BCUT2D eigenvalue weighted by Crippen LogP contribution is 2.54. The molecule has 0 aliphatic heterocycles. The van der Waals surface area contributed by atoms with Crippen LogP contribution in [0.15, 0.2) is 40.9 Å². The Balaban J connectivity index is 1.63. The molecule has 0 saturated heterocycles. The number of nitrogens with two attached hydrogens (primary N) is 1. The van der Waals surface area contributed by atoms with Gasteiger partial charge in [-0.2, -0.15) is 13.2 Å². The van der Waals surface area contributed by atoms with Crippen LogP contribution in [0.25, 0.3) is 0 Å². The summed E-state index contributed by atoms with van der Waals surface area (Å²) in [5.41, 5.74) is 0.000157. The fourth-order valence-corrected chi connectivity index (χ4v) is 6.93. The van der Waals surface area contributed by atoms with Gasteiger partial charge in [-0.05, 0) is 35.7 Å². The lowest BCUT2D eigenvalue weighted by molar-refractivity contribution is -0.188. The first-order valence-corrected chi connectivity index (χ1v) is 13.6. The molecule has 2 saturated carbocycles. The number of phenols is 1. The highest BCUT2D eigenvalue weighted by atomic mass is 79.9. The summed E-state index contributed by atoms with van der Waals surface area (Å²) < 4.78 is 46.6. The average Bonchev–Trinajstić information content (AvgIpc) is 2.90. The smallest absolute Gasteiger partial charge is 0.418 e. The van der Waals surface area contributed by atoms with Crippen LogP contribution in [-0.2, 0) is 30.1 Å². The van der Waals surface area contributed by atoms with Crippen LogP contribution in [0.1, 0.15) is 40.7 Å². The maximum atomic E-state index is 13.9. The first kappa shape index (κ1) is 30.4. The summed E-state index contributed by atoms with van der Waals surface area (Å²) >= 11 is 2.93.